The van der Waals surface area contributed by atoms with E-state index in [-0.39, 0.29) is 5.78 Å². The van der Waals surface area contributed by atoms with Gasteiger partial charge in [0.05, 0.1) is 14.2 Å². The molecule has 0 saturated heterocycles. The number of ether oxygens (including phenoxy) is 2. The highest BCUT2D eigenvalue weighted by Crippen LogP contribution is 2.27. The van der Waals surface area contributed by atoms with Gasteiger partial charge in [-0.05, 0) is 30.5 Å². The Morgan fingerprint density at radius 3 is 2.15 bits per heavy atom. The van der Waals surface area contributed by atoms with Gasteiger partial charge in [0.15, 0.2) is 5.78 Å². The Morgan fingerprint density at radius 2 is 1.60 bits per heavy atom. The Morgan fingerprint density at radius 1 is 1.00 bits per heavy atom. The smallest absolute Gasteiger partial charge is 0.194 e. The molecule has 0 unspecified atom stereocenters. The summed E-state index contributed by atoms with van der Waals surface area (Å²) in [5.74, 6) is 1.18. The first kappa shape index (κ1) is 14.5. The average Bonchev–Trinajstić information content (AvgIpc) is 2.53. The maximum Gasteiger partial charge on any atom is 0.194 e. The summed E-state index contributed by atoms with van der Waals surface area (Å²) in [4.78, 5) is 13.6. The van der Waals surface area contributed by atoms with E-state index in [1.54, 1.807) is 44.2 Å². The van der Waals surface area contributed by atoms with E-state index in [1.807, 2.05) is 30.5 Å². The van der Waals surface area contributed by atoms with Gasteiger partial charge in [-0.15, -0.1) is 11.8 Å². The van der Waals surface area contributed by atoms with Gasteiger partial charge in [0, 0.05) is 22.1 Å². The molecule has 2 aromatic rings. The predicted octanol–water partition coefficient (Wildman–Crippen LogP) is 3.66. The number of thioether (sulfide) groups is 1. The van der Waals surface area contributed by atoms with Crippen LogP contribution in [0.5, 0.6) is 11.5 Å². The Hall–Kier alpha value is -1.94. The third-order valence-corrected chi connectivity index (χ3v) is 3.76. The van der Waals surface area contributed by atoms with Crippen molar-refractivity contribution in [3.63, 3.8) is 0 Å². The summed E-state index contributed by atoms with van der Waals surface area (Å²) in [6.45, 7) is 0. The lowest BCUT2D eigenvalue weighted by molar-refractivity contribution is 0.103. The second kappa shape index (κ2) is 6.48. The van der Waals surface area contributed by atoms with Crippen molar-refractivity contribution in [3.05, 3.63) is 53.6 Å². The highest BCUT2D eigenvalue weighted by Gasteiger charge is 2.15. The lowest BCUT2D eigenvalue weighted by Gasteiger charge is -2.09. The highest BCUT2D eigenvalue weighted by molar-refractivity contribution is 7.98. The summed E-state index contributed by atoms with van der Waals surface area (Å²) >= 11 is 1.55. The zero-order valence-corrected chi connectivity index (χ0v) is 12.5. The Kier molecular flexibility index (Phi) is 4.69. The summed E-state index contributed by atoms with van der Waals surface area (Å²) in [7, 11) is 3.14. The van der Waals surface area contributed by atoms with Gasteiger partial charge in [0.1, 0.15) is 11.5 Å². The molecule has 4 heteroatoms. The summed E-state index contributed by atoms with van der Waals surface area (Å²) in [6.07, 6.45) is 1.96. The predicted molar refractivity (Wildman–Crippen MR) is 81.2 cm³/mol. The lowest BCUT2D eigenvalue weighted by Crippen LogP contribution is -2.04. The zero-order valence-electron chi connectivity index (χ0n) is 11.7. The molecule has 0 saturated carbocycles. The summed E-state index contributed by atoms with van der Waals surface area (Å²) in [5, 5.41) is 0. The second-order valence-corrected chi connectivity index (χ2v) is 4.98. The van der Waals surface area contributed by atoms with Crippen LogP contribution in [0.2, 0.25) is 0 Å². The number of methoxy groups -OCH3 is 2. The molecule has 0 bridgehead atoms. The largest absolute Gasteiger partial charge is 0.497 e. The van der Waals surface area contributed by atoms with E-state index < -0.39 is 0 Å². The first-order valence-electron chi connectivity index (χ1n) is 6.10. The molecule has 2 rings (SSSR count). The monoisotopic (exact) mass is 288 g/mol. The van der Waals surface area contributed by atoms with Gasteiger partial charge in [0.25, 0.3) is 0 Å². The quantitative estimate of drug-likeness (QED) is 0.621. The molecule has 0 amide bonds. The normalized spacial score (nSPS) is 10.2. The fourth-order valence-electron chi connectivity index (χ4n) is 1.93. The zero-order chi connectivity index (χ0) is 14.5. The van der Waals surface area contributed by atoms with E-state index in [0.29, 0.717) is 22.6 Å². The topological polar surface area (TPSA) is 35.5 Å². The molecule has 0 heterocycles. The molecule has 0 N–H and O–H groups in total. The molecule has 0 aromatic heterocycles. The number of carbonyl (C=O) groups is 1. The van der Waals surface area contributed by atoms with Gasteiger partial charge in [0.2, 0.25) is 0 Å². The SMILES string of the molecule is COc1cc(OC)cc(C(=O)c2ccccc2SC)c1. The lowest BCUT2D eigenvalue weighted by atomic mass is 10.0. The molecule has 20 heavy (non-hydrogen) atoms. The Bertz CT molecular complexity index is 601. The average molecular weight is 288 g/mol. The molecule has 2 aromatic carbocycles. The fourth-order valence-corrected chi connectivity index (χ4v) is 2.52. The molecule has 0 fully saturated rings. The summed E-state index contributed by atoms with van der Waals surface area (Å²) in [6, 6.07) is 12.8. The number of benzene rings is 2. The van der Waals surface area contributed by atoms with E-state index in [1.165, 1.54) is 0 Å². The van der Waals surface area contributed by atoms with Crippen LogP contribution in [0.1, 0.15) is 15.9 Å². The maximum atomic E-state index is 12.6. The van der Waals surface area contributed by atoms with Crippen molar-refractivity contribution in [1.82, 2.24) is 0 Å². The van der Waals surface area contributed by atoms with Crippen LogP contribution >= 0.6 is 11.8 Å². The van der Waals surface area contributed by atoms with Gasteiger partial charge >= 0.3 is 0 Å². The Balaban J connectivity index is 2.47. The van der Waals surface area contributed by atoms with Crippen LogP contribution < -0.4 is 9.47 Å². The van der Waals surface area contributed by atoms with Gasteiger partial charge in [-0.1, -0.05) is 12.1 Å². The van der Waals surface area contributed by atoms with Gasteiger partial charge in [-0.25, -0.2) is 0 Å². The van der Waals surface area contributed by atoms with E-state index >= 15 is 0 Å². The minimum Gasteiger partial charge on any atom is -0.497 e. The van der Waals surface area contributed by atoms with Gasteiger partial charge in [-0.3, -0.25) is 4.79 Å². The highest BCUT2D eigenvalue weighted by atomic mass is 32.2. The van der Waals surface area contributed by atoms with Gasteiger partial charge in [-0.2, -0.15) is 0 Å². The third-order valence-electron chi connectivity index (χ3n) is 2.97. The van der Waals surface area contributed by atoms with Crippen molar-refractivity contribution in [3.8, 4) is 11.5 Å². The van der Waals surface area contributed by atoms with Crippen LogP contribution in [0.25, 0.3) is 0 Å². The number of carbonyl (C=O) groups excluding carboxylic acids is 1. The molecule has 0 aliphatic heterocycles. The van der Waals surface area contributed by atoms with Crippen molar-refractivity contribution in [2.24, 2.45) is 0 Å². The fraction of sp³-hybridized carbons (Fsp3) is 0.188. The maximum absolute atomic E-state index is 12.6. The molecular formula is C16H16O3S. The molecule has 0 spiro atoms. The summed E-state index contributed by atoms with van der Waals surface area (Å²) in [5.41, 5.74) is 1.25. The van der Waals surface area contributed by atoms with Crippen molar-refractivity contribution in [2.75, 3.05) is 20.5 Å². The van der Waals surface area contributed by atoms with Crippen LogP contribution in [0, 0.1) is 0 Å². The van der Waals surface area contributed by atoms with Crippen molar-refractivity contribution in [1.29, 1.82) is 0 Å². The molecule has 104 valence electrons. The van der Waals surface area contributed by atoms with Crippen molar-refractivity contribution in [2.45, 2.75) is 4.90 Å². The molecule has 0 aliphatic rings. The number of ketones is 1. The molecule has 0 atom stereocenters. The molecule has 3 nitrogen and oxygen atoms in total. The van der Waals surface area contributed by atoms with Crippen LogP contribution in [0.4, 0.5) is 0 Å². The first-order chi connectivity index (χ1) is 9.69. The number of rotatable bonds is 5. The van der Waals surface area contributed by atoms with Gasteiger partial charge < -0.3 is 9.47 Å². The summed E-state index contributed by atoms with van der Waals surface area (Å²) < 4.78 is 10.4. The molecule has 0 aliphatic carbocycles. The standard InChI is InChI=1S/C16H16O3S/c1-18-12-8-11(9-13(10-12)19-2)16(17)14-6-4-5-7-15(14)20-3/h4-10H,1-3H3. The number of hydrogen-bond acceptors (Lipinski definition) is 4. The minimum atomic E-state index is -0.0350. The molecule has 0 radical (unpaired) electrons. The Labute approximate surface area is 122 Å². The second-order valence-electron chi connectivity index (χ2n) is 4.13. The van der Waals surface area contributed by atoms with E-state index in [0.717, 1.165) is 4.90 Å². The van der Waals surface area contributed by atoms with Crippen molar-refractivity contribution < 1.29 is 14.3 Å². The third kappa shape index (κ3) is 2.96. The first-order valence-corrected chi connectivity index (χ1v) is 7.33. The van der Waals surface area contributed by atoms with E-state index in [2.05, 4.69) is 0 Å². The molecular weight excluding hydrogens is 272 g/mol. The van der Waals surface area contributed by atoms with Crippen molar-refractivity contribution >= 4 is 17.5 Å². The van der Waals surface area contributed by atoms with Crippen LogP contribution in [0.15, 0.2) is 47.4 Å². The number of hydrogen-bond donors (Lipinski definition) is 0. The van der Waals surface area contributed by atoms with E-state index in [4.69, 9.17) is 9.47 Å². The van der Waals surface area contributed by atoms with Crippen LogP contribution in [-0.4, -0.2) is 26.3 Å². The van der Waals surface area contributed by atoms with Crippen LogP contribution in [-0.2, 0) is 0 Å². The van der Waals surface area contributed by atoms with Crippen LogP contribution in [0.3, 0.4) is 0 Å². The minimum absolute atomic E-state index is 0.0350. The van der Waals surface area contributed by atoms with E-state index in [9.17, 15) is 4.79 Å².